The highest BCUT2D eigenvalue weighted by Crippen LogP contribution is 2.39. The quantitative estimate of drug-likeness (QED) is 0.188. The summed E-state index contributed by atoms with van der Waals surface area (Å²) in [7, 11) is 0. The largest absolute Gasteiger partial charge is 0.313 e. The van der Waals surface area contributed by atoms with Crippen molar-refractivity contribution in [2.45, 2.75) is 12.8 Å². The van der Waals surface area contributed by atoms with Gasteiger partial charge < -0.3 is 9.13 Å². The molecule has 0 fully saturated rings. The zero-order valence-corrected chi connectivity index (χ0v) is 27.2. The van der Waals surface area contributed by atoms with Gasteiger partial charge in [-0.2, -0.15) is 0 Å². The Morgan fingerprint density at radius 2 is 1.02 bits per heavy atom. The third-order valence-electron chi connectivity index (χ3n) is 9.83. The lowest BCUT2D eigenvalue weighted by molar-refractivity contribution is 0.889. The van der Waals surface area contributed by atoms with Crippen LogP contribution in [0.3, 0.4) is 0 Å². The van der Waals surface area contributed by atoms with Gasteiger partial charge in [0.05, 0.1) is 16.6 Å². The average molecular weight is 642 g/mol. The van der Waals surface area contributed by atoms with Crippen LogP contribution in [0.25, 0.3) is 84.3 Å². The molecule has 0 atom stereocenters. The Morgan fingerprint density at radius 3 is 1.74 bits per heavy atom. The van der Waals surface area contributed by atoms with Gasteiger partial charge in [-0.25, -0.2) is 15.0 Å². The molecule has 0 amide bonds. The molecule has 0 bridgehead atoms. The summed E-state index contributed by atoms with van der Waals surface area (Å²) in [5.74, 6) is 1.99. The number of aromatic nitrogens is 5. The van der Waals surface area contributed by atoms with Crippen LogP contribution in [-0.4, -0.2) is 24.1 Å². The Labute approximate surface area is 289 Å². The molecule has 0 N–H and O–H groups in total. The van der Waals surface area contributed by atoms with Crippen LogP contribution < -0.4 is 0 Å². The number of benzene rings is 6. The predicted octanol–water partition coefficient (Wildman–Crippen LogP) is 10.9. The summed E-state index contributed by atoms with van der Waals surface area (Å²) in [6.45, 7) is 0. The van der Waals surface area contributed by atoms with Crippen LogP contribution in [0, 0.1) is 0 Å². The first-order valence-electron chi connectivity index (χ1n) is 17.1. The molecule has 50 heavy (non-hydrogen) atoms. The summed E-state index contributed by atoms with van der Waals surface area (Å²) in [5.41, 5.74) is 11.4. The SMILES string of the molecule is C1=Cc2c(n(-c3ccc4c5ccccc5n(-c5ccccc5)c4c3)c3ccc(-c4nc(-c5ccccc5)nc(-c5ccccc5)n4)cc23)CC1. The number of fused-ring (bicyclic) bond motifs is 6. The van der Waals surface area contributed by atoms with Crippen molar-refractivity contribution in [1.82, 2.24) is 24.1 Å². The van der Waals surface area contributed by atoms with E-state index in [1.165, 1.54) is 44.0 Å². The summed E-state index contributed by atoms with van der Waals surface area (Å²) in [6.07, 6.45) is 6.56. The van der Waals surface area contributed by atoms with Crippen LogP contribution in [0.4, 0.5) is 0 Å². The van der Waals surface area contributed by atoms with Gasteiger partial charge in [-0.15, -0.1) is 0 Å². The maximum Gasteiger partial charge on any atom is 0.164 e. The maximum absolute atomic E-state index is 5.03. The fourth-order valence-electron chi connectivity index (χ4n) is 7.55. The number of allylic oxidation sites excluding steroid dienone is 1. The second-order valence-corrected chi connectivity index (χ2v) is 12.8. The van der Waals surface area contributed by atoms with Gasteiger partial charge in [0.15, 0.2) is 17.5 Å². The standard InChI is InChI=1S/C45H31N5/c1-4-14-30(15-5-1)43-46-44(31-16-6-2-7-17-31)48-45(47-43)32-24-27-41-38(28-32)36-21-11-13-23-40(36)50(41)34-25-26-37-35-20-10-12-22-39(35)49(42(37)29-34)33-18-8-3-9-19-33/h1-12,14-22,24-29H,13,23H2. The van der Waals surface area contributed by atoms with Gasteiger partial charge in [-0.3, -0.25) is 0 Å². The summed E-state index contributed by atoms with van der Waals surface area (Å²) >= 11 is 0. The Balaban J connectivity index is 1.18. The van der Waals surface area contributed by atoms with Gasteiger partial charge in [0.1, 0.15) is 0 Å². The van der Waals surface area contributed by atoms with Crippen molar-refractivity contribution >= 4 is 38.8 Å². The molecule has 5 heteroatoms. The molecule has 0 spiro atoms. The minimum absolute atomic E-state index is 0.662. The van der Waals surface area contributed by atoms with Crippen molar-refractivity contribution < 1.29 is 0 Å². The summed E-state index contributed by atoms with van der Waals surface area (Å²) in [4.78, 5) is 15.0. The van der Waals surface area contributed by atoms with Gasteiger partial charge in [0.25, 0.3) is 0 Å². The zero-order valence-electron chi connectivity index (χ0n) is 27.2. The zero-order chi connectivity index (χ0) is 33.0. The summed E-state index contributed by atoms with van der Waals surface area (Å²) in [5, 5.41) is 3.70. The molecule has 9 aromatic rings. The highest BCUT2D eigenvalue weighted by molar-refractivity contribution is 6.10. The Morgan fingerprint density at radius 1 is 0.420 bits per heavy atom. The first-order chi connectivity index (χ1) is 24.8. The Kier molecular flexibility index (Phi) is 6.56. The first-order valence-corrected chi connectivity index (χ1v) is 17.1. The average Bonchev–Trinajstić information content (AvgIpc) is 3.71. The fraction of sp³-hybridized carbons (Fsp3) is 0.0444. The van der Waals surface area contributed by atoms with Gasteiger partial charge >= 0.3 is 0 Å². The number of hydrogen-bond donors (Lipinski definition) is 0. The van der Waals surface area contributed by atoms with Crippen LogP contribution in [-0.2, 0) is 6.42 Å². The minimum atomic E-state index is 0.662. The van der Waals surface area contributed by atoms with Crippen LogP contribution in [0.15, 0.2) is 158 Å². The second kappa shape index (κ2) is 11.5. The van der Waals surface area contributed by atoms with Crippen molar-refractivity contribution in [3.8, 4) is 45.5 Å². The molecule has 10 rings (SSSR count). The molecule has 1 aliphatic carbocycles. The Bertz CT molecular complexity index is 2680. The lowest BCUT2D eigenvalue weighted by Gasteiger charge is -2.14. The number of nitrogens with zero attached hydrogens (tertiary/aromatic N) is 5. The van der Waals surface area contributed by atoms with E-state index in [9.17, 15) is 0 Å². The van der Waals surface area contributed by atoms with Crippen molar-refractivity contribution in [2.24, 2.45) is 0 Å². The molecule has 0 aliphatic heterocycles. The van der Waals surface area contributed by atoms with E-state index in [-0.39, 0.29) is 0 Å². The normalized spacial score (nSPS) is 12.6. The molecule has 0 saturated heterocycles. The van der Waals surface area contributed by atoms with Crippen LogP contribution >= 0.6 is 0 Å². The molecule has 6 aromatic carbocycles. The highest BCUT2D eigenvalue weighted by Gasteiger charge is 2.22. The van der Waals surface area contributed by atoms with Crippen molar-refractivity contribution in [2.75, 3.05) is 0 Å². The molecular weight excluding hydrogens is 611 g/mol. The van der Waals surface area contributed by atoms with E-state index in [1.54, 1.807) is 0 Å². The van der Waals surface area contributed by atoms with Gasteiger partial charge in [-0.05, 0) is 61.4 Å². The first kappa shape index (κ1) is 28.4. The topological polar surface area (TPSA) is 48.5 Å². The second-order valence-electron chi connectivity index (χ2n) is 12.8. The van der Waals surface area contributed by atoms with Crippen molar-refractivity contribution in [3.05, 3.63) is 169 Å². The number of hydrogen-bond acceptors (Lipinski definition) is 3. The summed E-state index contributed by atoms with van der Waals surface area (Å²) < 4.78 is 4.85. The van der Waals surface area contributed by atoms with E-state index in [1.807, 2.05) is 60.7 Å². The molecule has 0 unspecified atom stereocenters. The lowest BCUT2D eigenvalue weighted by Crippen LogP contribution is -2.03. The molecule has 3 aromatic heterocycles. The Hall–Kier alpha value is -6.59. The van der Waals surface area contributed by atoms with E-state index >= 15 is 0 Å². The van der Waals surface area contributed by atoms with E-state index in [4.69, 9.17) is 15.0 Å². The number of para-hydroxylation sites is 2. The molecule has 1 aliphatic rings. The van der Waals surface area contributed by atoms with E-state index in [2.05, 4.69) is 112 Å². The van der Waals surface area contributed by atoms with E-state index in [0.717, 1.165) is 40.9 Å². The minimum Gasteiger partial charge on any atom is -0.313 e. The van der Waals surface area contributed by atoms with E-state index < -0.39 is 0 Å². The predicted molar refractivity (Wildman–Crippen MR) is 205 cm³/mol. The van der Waals surface area contributed by atoms with Gasteiger partial charge in [0.2, 0.25) is 0 Å². The summed E-state index contributed by atoms with van der Waals surface area (Å²) in [6, 6.07) is 53.2. The van der Waals surface area contributed by atoms with Gasteiger partial charge in [0, 0.05) is 55.5 Å². The smallest absolute Gasteiger partial charge is 0.164 e. The molecule has 0 saturated carbocycles. The van der Waals surface area contributed by atoms with Crippen LogP contribution in [0.5, 0.6) is 0 Å². The third kappa shape index (κ3) is 4.59. The molecule has 3 heterocycles. The van der Waals surface area contributed by atoms with Crippen LogP contribution in [0.2, 0.25) is 0 Å². The lowest BCUT2D eigenvalue weighted by atomic mass is 10.0. The monoisotopic (exact) mass is 641 g/mol. The van der Waals surface area contributed by atoms with E-state index in [0.29, 0.717) is 17.5 Å². The van der Waals surface area contributed by atoms with Gasteiger partial charge in [-0.1, -0.05) is 115 Å². The number of rotatable bonds is 5. The van der Waals surface area contributed by atoms with Crippen molar-refractivity contribution in [3.63, 3.8) is 0 Å². The molecular formula is C45H31N5. The molecule has 0 radical (unpaired) electrons. The molecule has 5 nitrogen and oxygen atoms in total. The highest BCUT2D eigenvalue weighted by atomic mass is 15.0. The molecule has 236 valence electrons. The maximum atomic E-state index is 5.03. The fourth-order valence-corrected chi connectivity index (χ4v) is 7.55. The third-order valence-corrected chi connectivity index (χ3v) is 9.83. The van der Waals surface area contributed by atoms with Crippen LogP contribution in [0.1, 0.15) is 17.7 Å². The van der Waals surface area contributed by atoms with Crippen molar-refractivity contribution in [1.29, 1.82) is 0 Å².